The van der Waals surface area contributed by atoms with Gasteiger partial charge in [0, 0.05) is 11.8 Å². The number of alkyl halides is 2. The first-order valence-corrected chi connectivity index (χ1v) is 4.59. The van der Waals surface area contributed by atoms with Gasteiger partial charge in [-0.15, -0.1) is 0 Å². The molecule has 0 aliphatic heterocycles. The molecule has 0 radical (unpaired) electrons. The van der Waals surface area contributed by atoms with E-state index in [9.17, 15) is 8.78 Å². The molecule has 0 amide bonds. The maximum atomic E-state index is 13.3. The van der Waals surface area contributed by atoms with Crippen LogP contribution in [0.25, 0.3) is 0 Å². The highest BCUT2D eigenvalue weighted by molar-refractivity contribution is 4.93. The van der Waals surface area contributed by atoms with Crippen molar-refractivity contribution >= 4 is 0 Å². The van der Waals surface area contributed by atoms with Crippen molar-refractivity contribution in [3.05, 3.63) is 0 Å². The van der Waals surface area contributed by atoms with Gasteiger partial charge in [0.1, 0.15) is 0 Å². The van der Waals surface area contributed by atoms with E-state index in [-0.39, 0.29) is 11.8 Å². The van der Waals surface area contributed by atoms with Crippen molar-refractivity contribution in [2.24, 2.45) is 11.8 Å². The molecular weight excluding hydrogens is 146 g/mol. The van der Waals surface area contributed by atoms with E-state index in [0.717, 1.165) is 38.5 Å². The average Bonchev–Trinajstić information content (AvgIpc) is 2.66. The molecule has 0 aromatic rings. The van der Waals surface area contributed by atoms with Gasteiger partial charge in [0.05, 0.1) is 0 Å². The lowest BCUT2D eigenvalue weighted by Crippen LogP contribution is -2.28. The summed E-state index contributed by atoms with van der Waals surface area (Å²) in [5.74, 6) is -2.82. The zero-order valence-electron chi connectivity index (χ0n) is 6.65. The Morgan fingerprint density at radius 3 is 1.73 bits per heavy atom. The van der Waals surface area contributed by atoms with Crippen LogP contribution < -0.4 is 0 Å². The lowest BCUT2D eigenvalue weighted by Gasteiger charge is -2.22. The monoisotopic (exact) mass is 160 g/mol. The molecule has 0 spiro atoms. The first-order chi connectivity index (χ1) is 5.21. The molecule has 0 unspecified atom stereocenters. The minimum absolute atomic E-state index is 0.245. The standard InChI is InChI=1S/C9H14F2/c10-9(11,8-5-6-8)7-3-1-2-4-7/h7-8H,1-6H2. The van der Waals surface area contributed by atoms with Crippen LogP contribution in [-0.4, -0.2) is 5.92 Å². The summed E-state index contributed by atoms with van der Waals surface area (Å²) in [4.78, 5) is 0. The lowest BCUT2D eigenvalue weighted by atomic mass is 9.96. The fraction of sp³-hybridized carbons (Fsp3) is 1.00. The summed E-state index contributed by atoms with van der Waals surface area (Å²) in [6.45, 7) is 0. The molecule has 11 heavy (non-hydrogen) atoms. The van der Waals surface area contributed by atoms with Gasteiger partial charge in [-0.2, -0.15) is 0 Å². The van der Waals surface area contributed by atoms with E-state index in [1.165, 1.54) is 0 Å². The fourth-order valence-electron chi connectivity index (χ4n) is 2.11. The molecular formula is C9H14F2. The Morgan fingerprint density at radius 1 is 0.818 bits per heavy atom. The number of hydrogen-bond acceptors (Lipinski definition) is 0. The van der Waals surface area contributed by atoms with Gasteiger partial charge in [0.25, 0.3) is 5.92 Å². The van der Waals surface area contributed by atoms with Crippen LogP contribution in [0.2, 0.25) is 0 Å². The van der Waals surface area contributed by atoms with E-state index < -0.39 is 5.92 Å². The predicted molar refractivity (Wildman–Crippen MR) is 39.6 cm³/mol. The first-order valence-electron chi connectivity index (χ1n) is 4.59. The predicted octanol–water partition coefficient (Wildman–Crippen LogP) is 3.22. The van der Waals surface area contributed by atoms with Crippen LogP contribution in [0.1, 0.15) is 38.5 Å². The molecule has 2 aliphatic carbocycles. The summed E-state index contributed by atoms with van der Waals surface area (Å²) in [5, 5.41) is 0. The second-order valence-corrected chi connectivity index (χ2v) is 3.93. The molecule has 64 valence electrons. The number of hydrogen-bond donors (Lipinski definition) is 0. The Hall–Kier alpha value is -0.140. The van der Waals surface area contributed by atoms with Gasteiger partial charge in [-0.25, -0.2) is 8.78 Å². The second kappa shape index (κ2) is 2.43. The zero-order chi connectivity index (χ0) is 7.90. The number of halogens is 2. The topological polar surface area (TPSA) is 0 Å². The summed E-state index contributed by atoms with van der Waals surface area (Å²) in [6.07, 6.45) is 5.11. The molecule has 0 aromatic carbocycles. The third-order valence-electron chi connectivity index (χ3n) is 3.02. The Balaban J connectivity index is 1.99. The normalized spacial score (nSPS) is 27.8. The molecule has 2 fully saturated rings. The van der Waals surface area contributed by atoms with E-state index in [1.54, 1.807) is 0 Å². The molecule has 2 rings (SSSR count). The minimum Gasteiger partial charge on any atom is -0.206 e. The van der Waals surface area contributed by atoms with Crippen molar-refractivity contribution in [3.8, 4) is 0 Å². The van der Waals surface area contributed by atoms with E-state index in [2.05, 4.69) is 0 Å². The van der Waals surface area contributed by atoms with Gasteiger partial charge in [0.2, 0.25) is 0 Å². The summed E-state index contributed by atoms with van der Waals surface area (Å²) in [7, 11) is 0. The van der Waals surface area contributed by atoms with Crippen molar-refractivity contribution in [1.82, 2.24) is 0 Å². The van der Waals surface area contributed by atoms with Crippen LogP contribution in [0.3, 0.4) is 0 Å². The van der Waals surface area contributed by atoms with E-state index >= 15 is 0 Å². The molecule has 2 aliphatic rings. The Kier molecular flexibility index (Phi) is 1.66. The zero-order valence-corrected chi connectivity index (χ0v) is 6.65. The van der Waals surface area contributed by atoms with E-state index in [0.29, 0.717) is 0 Å². The quantitative estimate of drug-likeness (QED) is 0.581. The van der Waals surface area contributed by atoms with Crippen molar-refractivity contribution in [3.63, 3.8) is 0 Å². The average molecular weight is 160 g/mol. The SMILES string of the molecule is FC(F)(C1CCCC1)C1CC1. The molecule has 2 heteroatoms. The lowest BCUT2D eigenvalue weighted by molar-refractivity contribution is -0.0761. The Morgan fingerprint density at radius 2 is 1.27 bits per heavy atom. The van der Waals surface area contributed by atoms with Crippen LogP contribution >= 0.6 is 0 Å². The van der Waals surface area contributed by atoms with Crippen molar-refractivity contribution in [2.75, 3.05) is 0 Å². The van der Waals surface area contributed by atoms with Crippen LogP contribution in [0.15, 0.2) is 0 Å². The Bertz CT molecular complexity index is 144. The highest BCUT2D eigenvalue weighted by Crippen LogP contribution is 2.51. The molecule has 0 bridgehead atoms. The molecule has 0 saturated heterocycles. The van der Waals surface area contributed by atoms with Gasteiger partial charge in [0.15, 0.2) is 0 Å². The van der Waals surface area contributed by atoms with Gasteiger partial charge in [-0.3, -0.25) is 0 Å². The van der Waals surface area contributed by atoms with Gasteiger partial charge >= 0.3 is 0 Å². The fourth-order valence-corrected chi connectivity index (χ4v) is 2.11. The first kappa shape index (κ1) is 7.51. The highest BCUT2D eigenvalue weighted by Gasteiger charge is 2.52. The summed E-state index contributed by atoms with van der Waals surface area (Å²) >= 11 is 0. The summed E-state index contributed by atoms with van der Waals surface area (Å²) in [5.41, 5.74) is 0. The summed E-state index contributed by atoms with van der Waals surface area (Å²) in [6, 6.07) is 0. The molecule has 2 saturated carbocycles. The van der Waals surface area contributed by atoms with Crippen molar-refractivity contribution in [2.45, 2.75) is 44.4 Å². The third kappa shape index (κ3) is 1.27. The van der Waals surface area contributed by atoms with E-state index in [4.69, 9.17) is 0 Å². The highest BCUT2D eigenvalue weighted by atomic mass is 19.3. The minimum atomic E-state index is -2.31. The van der Waals surface area contributed by atoms with Crippen molar-refractivity contribution < 1.29 is 8.78 Å². The molecule has 0 nitrogen and oxygen atoms in total. The van der Waals surface area contributed by atoms with E-state index in [1.807, 2.05) is 0 Å². The Labute approximate surface area is 66.0 Å². The van der Waals surface area contributed by atoms with Crippen LogP contribution in [-0.2, 0) is 0 Å². The maximum absolute atomic E-state index is 13.3. The van der Waals surface area contributed by atoms with Gasteiger partial charge in [-0.1, -0.05) is 12.8 Å². The van der Waals surface area contributed by atoms with Crippen LogP contribution in [0, 0.1) is 11.8 Å². The second-order valence-electron chi connectivity index (χ2n) is 3.93. The largest absolute Gasteiger partial charge is 0.253 e. The van der Waals surface area contributed by atoms with Gasteiger partial charge < -0.3 is 0 Å². The molecule has 0 heterocycles. The van der Waals surface area contributed by atoms with Crippen LogP contribution in [0.4, 0.5) is 8.78 Å². The molecule has 0 N–H and O–H groups in total. The third-order valence-corrected chi connectivity index (χ3v) is 3.02. The smallest absolute Gasteiger partial charge is 0.206 e. The molecule has 0 aromatic heterocycles. The summed E-state index contributed by atoms with van der Waals surface area (Å²) < 4.78 is 26.6. The van der Waals surface area contributed by atoms with Gasteiger partial charge in [-0.05, 0) is 25.7 Å². The maximum Gasteiger partial charge on any atom is 0.253 e. The van der Waals surface area contributed by atoms with Crippen LogP contribution in [0.5, 0.6) is 0 Å². The molecule has 0 atom stereocenters. The number of rotatable bonds is 2. The van der Waals surface area contributed by atoms with Crippen molar-refractivity contribution in [1.29, 1.82) is 0 Å².